The monoisotopic (exact) mass is 452 g/mol. The van der Waals surface area contributed by atoms with E-state index in [0.717, 1.165) is 11.1 Å². The Balaban J connectivity index is 1.32. The average molecular weight is 453 g/mol. The number of carbonyl (C=O) groups is 2. The van der Waals surface area contributed by atoms with Crippen LogP contribution < -0.4 is 20.3 Å². The molecule has 0 aliphatic heterocycles. The van der Waals surface area contributed by atoms with Gasteiger partial charge in [0.05, 0.1) is 0 Å². The fraction of sp³-hybridized carbons (Fsp3) is 0.0714. The molecule has 0 aliphatic rings. The van der Waals surface area contributed by atoms with Crippen LogP contribution in [0.25, 0.3) is 11.1 Å². The van der Waals surface area contributed by atoms with Gasteiger partial charge in [-0.3, -0.25) is 20.4 Å². The van der Waals surface area contributed by atoms with Crippen molar-refractivity contribution in [2.75, 3.05) is 6.61 Å². The minimum Gasteiger partial charge on any atom is -0.489 e. The van der Waals surface area contributed by atoms with Gasteiger partial charge in [-0.25, -0.2) is 0 Å². The van der Waals surface area contributed by atoms with Crippen LogP contribution in [0.3, 0.4) is 0 Å². The first-order valence-electron chi connectivity index (χ1n) is 10.8. The first-order chi connectivity index (χ1) is 16.7. The summed E-state index contributed by atoms with van der Waals surface area (Å²) in [5.41, 5.74) is 7.83. The van der Waals surface area contributed by atoms with Crippen molar-refractivity contribution in [2.45, 2.75) is 6.61 Å². The lowest BCUT2D eigenvalue weighted by atomic mass is 10.1. The van der Waals surface area contributed by atoms with Gasteiger partial charge in [0.2, 0.25) is 0 Å². The summed E-state index contributed by atoms with van der Waals surface area (Å²) in [7, 11) is 0. The third-order valence-electron chi connectivity index (χ3n) is 5.05. The van der Waals surface area contributed by atoms with Crippen molar-refractivity contribution in [3.63, 3.8) is 0 Å². The second-order valence-electron chi connectivity index (χ2n) is 7.41. The molecule has 0 atom stereocenters. The van der Waals surface area contributed by atoms with E-state index in [1.807, 2.05) is 91.0 Å². The van der Waals surface area contributed by atoms with Crippen LogP contribution in [0.15, 0.2) is 109 Å². The predicted octanol–water partition coefficient (Wildman–Crippen LogP) is 4.77. The molecule has 6 nitrogen and oxygen atoms in total. The van der Waals surface area contributed by atoms with Gasteiger partial charge in [0.15, 0.2) is 6.61 Å². The first-order valence-corrected chi connectivity index (χ1v) is 10.8. The van der Waals surface area contributed by atoms with Crippen molar-refractivity contribution in [3.8, 4) is 22.6 Å². The molecule has 170 valence electrons. The van der Waals surface area contributed by atoms with Gasteiger partial charge in [0, 0.05) is 16.7 Å². The molecule has 6 heteroatoms. The highest BCUT2D eigenvalue weighted by molar-refractivity contribution is 5.96. The second kappa shape index (κ2) is 11.3. The summed E-state index contributed by atoms with van der Waals surface area (Å²) in [5, 5.41) is 0. The van der Waals surface area contributed by atoms with Crippen LogP contribution in [0.1, 0.15) is 15.9 Å². The number of rotatable bonds is 8. The molecule has 0 radical (unpaired) electrons. The number of hydrogen-bond donors (Lipinski definition) is 2. The van der Waals surface area contributed by atoms with Gasteiger partial charge < -0.3 is 9.47 Å². The van der Waals surface area contributed by atoms with Crippen molar-refractivity contribution in [2.24, 2.45) is 0 Å². The molecule has 0 bridgehead atoms. The molecule has 0 aromatic heterocycles. The highest BCUT2D eigenvalue weighted by atomic mass is 16.5. The Bertz CT molecular complexity index is 1240. The lowest BCUT2D eigenvalue weighted by molar-refractivity contribution is -0.123. The topological polar surface area (TPSA) is 76.7 Å². The van der Waals surface area contributed by atoms with E-state index in [0.29, 0.717) is 22.6 Å². The summed E-state index contributed by atoms with van der Waals surface area (Å²) in [6.07, 6.45) is 0. The van der Waals surface area contributed by atoms with Crippen LogP contribution in [0, 0.1) is 0 Å². The quantitative estimate of drug-likeness (QED) is 0.378. The van der Waals surface area contributed by atoms with Gasteiger partial charge >= 0.3 is 0 Å². The highest BCUT2D eigenvalue weighted by Crippen LogP contribution is 2.29. The smallest absolute Gasteiger partial charge is 0.276 e. The molecular formula is C28H24N2O4. The van der Waals surface area contributed by atoms with Crippen LogP contribution in [0.2, 0.25) is 0 Å². The summed E-state index contributed by atoms with van der Waals surface area (Å²) in [5.74, 6) is 0.372. The minimum atomic E-state index is -0.478. The number of carbonyl (C=O) groups excluding carboxylic acids is 2. The number of benzene rings is 4. The van der Waals surface area contributed by atoms with E-state index in [-0.39, 0.29) is 13.2 Å². The fourth-order valence-corrected chi connectivity index (χ4v) is 3.37. The van der Waals surface area contributed by atoms with E-state index in [1.54, 1.807) is 18.2 Å². The Morgan fingerprint density at radius 1 is 0.647 bits per heavy atom. The largest absolute Gasteiger partial charge is 0.489 e. The Morgan fingerprint density at radius 3 is 2.09 bits per heavy atom. The van der Waals surface area contributed by atoms with E-state index < -0.39 is 11.8 Å². The first kappa shape index (κ1) is 22.6. The molecule has 4 aromatic carbocycles. The molecule has 0 aliphatic carbocycles. The zero-order chi connectivity index (χ0) is 23.6. The van der Waals surface area contributed by atoms with E-state index in [1.165, 1.54) is 0 Å². The Hall–Kier alpha value is -4.58. The maximum atomic E-state index is 12.7. The summed E-state index contributed by atoms with van der Waals surface area (Å²) < 4.78 is 11.5. The van der Waals surface area contributed by atoms with Crippen molar-refractivity contribution >= 4 is 11.8 Å². The summed E-state index contributed by atoms with van der Waals surface area (Å²) in [6.45, 7) is -0.0240. The summed E-state index contributed by atoms with van der Waals surface area (Å²) in [6, 6.07) is 33.7. The van der Waals surface area contributed by atoms with Crippen molar-refractivity contribution < 1.29 is 19.1 Å². The van der Waals surface area contributed by atoms with E-state index in [4.69, 9.17) is 9.47 Å². The third kappa shape index (κ3) is 6.01. The SMILES string of the molecule is O=C(COc1ccccc1-c1ccccc1)NNC(=O)c1ccccc1COc1ccccc1. The van der Waals surface area contributed by atoms with Gasteiger partial charge in [-0.15, -0.1) is 0 Å². The zero-order valence-corrected chi connectivity index (χ0v) is 18.4. The highest BCUT2D eigenvalue weighted by Gasteiger charge is 2.13. The molecule has 4 aromatic rings. The molecule has 2 amide bonds. The minimum absolute atomic E-state index is 0.223. The fourth-order valence-electron chi connectivity index (χ4n) is 3.37. The molecule has 0 heterocycles. The normalized spacial score (nSPS) is 10.2. The van der Waals surface area contributed by atoms with Gasteiger partial charge in [0.1, 0.15) is 18.1 Å². The molecule has 0 fully saturated rings. The number of ether oxygens (including phenoxy) is 2. The van der Waals surface area contributed by atoms with Crippen LogP contribution in [-0.4, -0.2) is 18.4 Å². The van der Waals surface area contributed by atoms with Crippen LogP contribution in [-0.2, 0) is 11.4 Å². The molecule has 0 spiro atoms. The van der Waals surface area contributed by atoms with Crippen molar-refractivity contribution in [1.29, 1.82) is 0 Å². The number of nitrogens with one attached hydrogen (secondary N) is 2. The van der Waals surface area contributed by atoms with Gasteiger partial charge in [0.25, 0.3) is 11.8 Å². The van der Waals surface area contributed by atoms with E-state index >= 15 is 0 Å². The van der Waals surface area contributed by atoms with Crippen molar-refractivity contribution in [3.05, 3.63) is 120 Å². The number of para-hydroxylation sites is 2. The number of amides is 2. The number of hydrogen-bond acceptors (Lipinski definition) is 4. The van der Waals surface area contributed by atoms with Gasteiger partial charge in [-0.2, -0.15) is 0 Å². The summed E-state index contributed by atoms with van der Waals surface area (Å²) >= 11 is 0. The molecule has 0 unspecified atom stereocenters. The Kier molecular flexibility index (Phi) is 7.54. The molecule has 0 saturated carbocycles. The molecule has 0 saturated heterocycles. The maximum absolute atomic E-state index is 12.7. The molecule has 2 N–H and O–H groups in total. The van der Waals surface area contributed by atoms with Crippen LogP contribution in [0.5, 0.6) is 11.5 Å². The Labute approximate surface area is 198 Å². The van der Waals surface area contributed by atoms with Gasteiger partial charge in [-0.05, 0) is 29.8 Å². The lowest BCUT2D eigenvalue weighted by Gasteiger charge is -2.13. The van der Waals surface area contributed by atoms with E-state index in [2.05, 4.69) is 10.9 Å². The number of hydrazine groups is 1. The average Bonchev–Trinajstić information content (AvgIpc) is 2.91. The third-order valence-corrected chi connectivity index (χ3v) is 5.05. The molecule has 34 heavy (non-hydrogen) atoms. The van der Waals surface area contributed by atoms with Crippen LogP contribution >= 0.6 is 0 Å². The predicted molar refractivity (Wildman–Crippen MR) is 130 cm³/mol. The zero-order valence-electron chi connectivity index (χ0n) is 18.4. The molecular weight excluding hydrogens is 428 g/mol. The second-order valence-corrected chi connectivity index (χ2v) is 7.41. The van der Waals surface area contributed by atoms with Crippen LogP contribution in [0.4, 0.5) is 0 Å². The summed E-state index contributed by atoms with van der Waals surface area (Å²) in [4.78, 5) is 25.0. The Morgan fingerprint density at radius 2 is 1.29 bits per heavy atom. The standard InChI is InChI=1S/C28H24N2O4/c31-27(20-34-26-18-10-9-16-24(26)21-11-3-1-4-12-21)29-30-28(32)25-17-8-7-13-22(25)19-33-23-14-5-2-6-15-23/h1-18H,19-20H2,(H,29,31)(H,30,32). The van der Waals surface area contributed by atoms with Gasteiger partial charge in [-0.1, -0.05) is 84.9 Å². The maximum Gasteiger partial charge on any atom is 0.276 e. The molecule has 4 rings (SSSR count). The van der Waals surface area contributed by atoms with E-state index in [9.17, 15) is 9.59 Å². The van der Waals surface area contributed by atoms with Crippen molar-refractivity contribution in [1.82, 2.24) is 10.9 Å². The lowest BCUT2D eigenvalue weighted by Crippen LogP contribution is -2.44.